The monoisotopic (exact) mass is 252 g/mol. The predicted octanol–water partition coefficient (Wildman–Crippen LogP) is 2.39. The normalized spacial score (nSPS) is 18.8. The van der Waals surface area contributed by atoms with Crippen molar-refractivity contribution in [3.05, 3.63) is 23.8 Å². The SMILES string of the molecule is CC(C)OC(=O)C1=CC=CCC1C(=O)OC(C)C. The van der Waals surface area contributed by atoms with Crippen molar-refractivity contribution in [2.45, 2.75) is 46.3 Å². The van der Waals surface area contributed by atoms with E-state index in [0.717, 1.165) is 0 Å². The topological polar surface area (TPSA) is 52.6 Å². The lowest BCUT2D eigenvalue weighted by molar-refractivity contribution is -0.154. The molecule has 1 aliphatic rings. The van der Waals surface area contributed by atoms with E-state index in [0.29, 0.717) is 12.0 Å². The summed E-state index contributed by atoms with van der Waals surface area (Å²) in [6.45, 7) is 7.12. The van der Waals surface area contributed by atoms with E-state index in [4.69, 9.17) is 9.47 Å². The Morgan fingerprint density at radius 3 is 2.33 bits per heavy atom. The first kappa shape index (κ1) is 14.5. The molecule has 0 radical (unpaired) electrons. The summed E-state index contributed by atoms with van der Waals surface area (Å²) in [6.07, 6.45) is 5.32. The number of carbonyl (C=O) groups excluding carboxylic acids is 2. The Balaban J connectivity index is 2.79. The van der Waals surface area contributed by atoms with Crippen LogP contribution < -0.4 is 0 Å². The Morgan fingerprint density at radius 1 is 1.17 bits per heavy atom. The Labute approximate surface area is 108 Å². The van der Waals surface area contributed by atoms with Crippen molar-refractivity contribution in [2.75, 3.05) is 0 Å². The number of rotatable bonds is 4. The van der Waals surface area contributed by atoms with E-state index in [-0.39, 0.29) is 18.2 Å². The maximum Gasteiger partial charge on any atom is 0.335 e. The summed E-state index contributed by atoms with van der Waals surface area (Å²) < 4.78 is 10.3. The summed E-state index contributed by atoms with van der Waals surface area (Å²) >= 11 is 0. The van der Waals surface area contributed by atoms with Crippen molar-refractivity contribution < 1.29 is 19.1 Å². The van der Waals surface area contributed by atoms with Crippen molar-refractivity contribution in [1.29, 1.82) is 0 Å². The maximum absolute atomic E-state index is 11.9. The first-order valence-electron chi connectivity index (χ1n) is 6.20. The van der Waals surface area contributed by atoms with Crippen LogP contribution in [-0.4, -0.2) is 24.1 Å². The maximum atomic E-state index is 11.9. The van der Waals surface area contributed by atoms with Crippen molar-refractivity contribution in [3.63, 3.8) is 0 Å². The van der Waals surface area contributed by atoms with Crippen LogP contribution in [0.5, 0.6) is 0 Å². The van der Waals surface area contributed by atoms with Crippen LogP contribution in [0.4, 0.5) is 0 Å². The zero-order valence-corrected chi connectivity index (χ0v) is 11.3. The molecule has 1 rings (SSSR count). The minimum Gasteiger partial charge on any atom is -0.462 e. The molecule has 100 valence electrons. The quantitative estimate of drug-likeness (QED) is 0.721. The summed E-state index contributed by atoms with van der Waals surface area (Å²) in [7, 11) is 0. The molecular weight excluding hydrogens is 232 g/mol. The van der Waals surface area contributed by atoms with E-state index >= 15 is 0 Å². The van der Waals surface area contributed by atoms with E-state index in [1.54, 1.807) is 39.8 Å². The van der Waals surface area contributed by atoms with E-state index < -0.39 is 11.9 Å². The molecule has 0 bridgehead atoms. The molecule has 1 unspecified atom stereocenters. The third kappa shape index (κ3) is 4.02. The molecule has 1 aliphatic carbocycles. The molecule has 0 saturated heterocycles. The highest BCUT2D eigenvalue weighted by molar-refractivity contribution is 5.96. The van der Waals surface area contributed by atoms with E-state index in [1.165, 1.54) is 0 Å². The summed E-state index contributed by atoms with van der Waals surface area (Å²) in [5.74, 6) is -1.37. The molecule has 0 aromatic heterocycles. The highest BCUT2D eigenvalue weighted by Crippen LogP contribution is 2.24. The van der Waals surface area contributed by atoms with Crippen molar-refractivity contribution >= 4 is 11.9 Å². The molecule has 0 aromatic carbocycles. The molecule has 0 aliphatic heterocycles. The number of hydrogen-bond donors (Lipinski definition) is 0. The van der Waals surface area contributed by atoms with Gasteiger partial charge in [0.1, 0.15) is 0 Å². The average molecular weight is 252 g/mol. The van der Waals surface area contributed by atoms with Gasteiger partial charge in [-0.1, -0.05) is 18.2 Å². The van der Waals surface area contributed by atoms with Gasteiger partial charge in [-0.3, -0.25) is 4.79 Å². The lowest BCUT2D eigenvalue weighted by atomic mass is 9.91. The molecule has 0 aromatic rings. The van der Waals surface area contributed by atoms with Gasteiger partial charge in [-0.15, -0.1) is 0 Å². The predicted molar refractivity (Wildman–Crippen MR) is 67.8 cm³/mol. The van der Waals surface area contributed by atoms with Gasteiger partial charge in [-0.05, 0) is 34.1 Å². The minimum absolute atomic E-state index is 0.189. The smallest absolute Gasteiger partial charge is 0.335 e. The molecular formula is C14H20O4. The molecule has 0 amide bonds. The van der Waals surface area contributed by atoms with Gasteiger partial charge >= 0.3 is 11.9 Å². The highest BCUT2D eigenvalue weighted by Gasteiger charge is 2.31. The van der Waals surface area contributed by atoms with Gasteiger partial charge in [0.05, 0.1) is 23.7 Å². The molecule has 0 N–H and O–H groups in total. The second kappa shape index (κ2) is 6.38. The second-order valence-corrected chi connectivity index (χ2v) is 4.78. The van der Waals surface area contributed by atoms with Crippen LogP contribution in [0.1, 0.15) is 34.1 Å². The zero-order chi connectivity index (χ0) is 13.7. The number of ether oxygens (including phenoxy) is 2. The van der Waals surface area contributed by atoms with Crippen molar-refractivity contribution in [2.24, 2.45) is 5.92 Å². The van der Waals surface area contributed by atoms with Crippen LogP contribution in [0, 0.1) is 5.92 Å². The third-order valence-corrected chi connectivity index (χ3v) is 2.37. The Morgan fingerprint density at radius 2 is 1.78 bits per heavy atom. The van der Waals surface area contributed by atoms with Crippen LogP contribution >= 0.6 is 0 Å². The van der Waals surface area contributed by atoms with Crippen LogP contribution in [0.15, 0.2) is 23.8 Å². The zero-order valence-electron chi connectivity index (χ0n) is 11.3. The average Bonchev–Trinajstić information content (AvgIpc) is 2.27. The van der Waals surface area contributed by atoms with Gasteiger partial charge < -0.3 is 9.47 Å². The number of allylic oxidation sites excluding steroid dienone is 3. The standard InChI is InChI=1S/C14H20O4/c1-9(2)17-13(15)11-7-5-6-8-12(11)14(16)18-10(3)4/h5-7,9-10,12H,8H2,1-4H3. The fraction of sp³-hybridized carbons (Fsp3) is 0.571. The van der Waals surface area contributed by atoms with Gasteiger partial charge in [-0.2, -0.15) is 0 Å². The molecule has 0 saturated carbocycles. The fourth-order valence-corrected chi connectivity index (χ4v) is 1.66. The van der Waals surface area contributed by atoms with Gasteiger partial charge in [0.15, 0.2) is 0 Å². The second-order valence-electron chi connectivity index (χ2n) is 4.78. The highest BCUT2D eigenvalue weighted by atomic mass is 16.5. The van der Waals surface area contributed by atoms with Gasteiger partial charge in [0, 0.05) is 0 Å². The molecule has 0 fully saturated rings. The largest absolute Gasteiger partial charge is 0.462 e. The Kier molecular flexibility index (Phi) is 5.13. The summed E-state index contributed by atoms with van der Waals surface area (Å²) in [6, 6.07) is 0. The molecule has 4 heteroatoms. The Hall–Kier alpha value is -1.58. The van der Waals surface area contributed by atoms with Crippen LogP contribution in [0.3, 0.4) is 0 Å². The first-order chi connectivity index (χ1) is 8.41. The minimum atomic E-state index is -0.552. The van der Waals surface area contributed by atoms with Crippen molar-refractivity contribution in [3.8, 4) is 0 Å². The molecule has 0 spiro atoms. The summed E-state index contributed by atoms with van der Waals surface area (Å²) in [5.41, 5.74) is 0.372. The van der Waals surface area contributed by atoms with Crippen molar-refractivity contribution in [1.82, 2.24) is 0 Å². The van der Waals surface area contributed by atoms with E-state index in [9.17, 15) is 9.59 Å². The third-order valence-electron chi connectivity index (χ3n) is 2.37. The van der Waals surface area contributed by atoms with Gasteiger partial charge in [-0.25, -0.2) is 4.79 Å². The number of esters is 2. The lowest BCUT2D eigenvalue weighted by Crippen LogP contribution is -2.28. The van der Waals surface area contributed by atoms with Crippen LogP contribution in [0.25, 0.3) is 0 Å². The van der Waals surface area contributed by atoms with Gasteiger partial charge in [0.2, 0.25) is 0 Å². The number of carbonyl (C=O) groups is 2. The molecule has 4 nitrogen and oxygen atoms in total. The molecule has 1 atom stereocenters. The first-order valence-corrected chi connectivity index (χ1v) is 6.20. The van der Waals surface area contributed by atoms with Crippen LogP contribution in [-0.2, 0) is 19.1 Å². The van der Waals surface area contributed by atoms with E-state index in [1.807, 2.05) is 6.08 Å². The fourth-order valence-electron chi connectivity index (χ4n) is 1.66. The van der Waals surface area contributed by atoms with Crippen LogP contribution in [0.2, 0.25) is 0 Å². The Bertz CT molecular complexity index is 377. The summed E-state index contributed by atoms with van der Waals surface area (Å²) in [4.78, 5) is 23.8. The molecule has 0 heterocycles. The molecule has 18 heavy (non-hydrogen) atoms. The summed E-state index contributed by atoms with van der Waals surface area (Å²) in [5, 5.41) is 0. The lowest BCUT2D eigenvalue weighted by Gasteiger charge is -2.21. The van der Waals surface area contributed by atoms with E-state index in [2.05, 4.69) is 0 Å². The van der Waals surface area contributed by atoms with Gasteiger partial charge in [0.25, 0.3) is 0 Å². The number of hydrogen-bond acceptors (Lipinski definition) is 4.